The molecule has 2 aromatic rings. The first-order chi connectivity index (χ1) is 19.1. The lowest BCUT2D eigenvalue weighted by molar-refractivity contribution is -0.175. The van der Waals surface area contributed by atoms with Crippen molar-refractivity contribution in [1.29, 1.82) is 0 Å². The second-order valence-corrected chi connectivity index (χ2v) is 11.0. The molecule has 2 N–H and O–H groups in total. The molecule has 3 amide bonds. The second kappa shape index (κ2) is 12.6. The van der Waals surface area contributed by atoms with Crippen LogP contribution in [-0.4, -0.2) is 69.0 Å². The third-order valence-electron chi connectivity index (χ3n) is 6.99. The predicted molar refractivity (Wildman–Crippen MR) is 142 cm³/mol. The maximum absolute atomic E-state index is 14.4. The Kier molecular flexibility index (Phi) is 9.83. The van der Waals surface area contributed by atoms with Crippen molar-refractivity contribution in [1.82, 2.24) is 25.3 Å². The highest BCUT2D eigenvalue weighted by Crippen LogP contribution is 2.26. The van der Waals surface area contributed by atoms with Crippen LogP contribution < -0.4 is 10.6 Å². The zero-order valence-electron chi connectivity index (χ0n) is 23.2. The molecule has 14 heteroatoms. The van der Waals surface area contributed by atoms with Crippen LogP contribution in [0.5, 0.6) is 0 Å². The fraction of sp³-hybridized carbons (Fsp3) is 0.519. The molecule has 1 fully saturated rings. The van der Waals surface area contributed by atoms with Crippen LogP contribution in [0.2, 0.25) is 5.02 Å². The first-order valence-corrected chi connectivity index (χ1v) is 13.5. The number of Topliss-reactive ketones (excluding diaryl/α,β-unsaturated/α-hetero) is 1. The van der Waals surface area contributed by atoms with Crippen molar-refractivity contribution in [2.75, 3.05) is 6.54 Å². The summed E-state index contributed by atoms with van der Waals surface area (Å²) in [4.78, 5) is 52.9. The van der Waals surface area contributed by atoms with Crippen molar-refractivity contribution >= 4 is 35.1 Å². The smallest absolute Gasteiger partial charge is 0.344 e. The molecule has 1 saturated heterocycles. The highest BCUT2D eigenvalue weighted by atomic mass is 35.5. The van der Waals surface area contributed by atoms with E-state index in [-0.39, 0.29) is 34.9 Å². The minimum atomic E-state index is -5.13. The van der Waals surface area contributed by atoms with E-state index in [1.807, 2.05) is 0 Å². The van der Waals surface area contributed by atoms with Gasteiger partial charge in [0.15, 0.2) is 0 Å². The highest BCUT2D eigenvalue weighted by Gasteiger charge is 2.46. The van der Waals surface area contributed by atoms with Crippen molar-refractivity contribution in [3.05, 3.63) is 46.5 Å². The summed E-state index contributed by atoms with van der Waals surface area (Å²) < 4.78 is 54.9. The van der Waals surface area contributed by atoms with Crippen molar-refractivity contribution in [2.24, 2.45) is 11.8 Å². The summed E-state index contributed by atoms with van der Waals surface area (Å²) in [6, 6.07) is 0.0715. The topological polar surface area (TPSA) is 113 Å². The molecule has 1 aliphatic rings. The molecule has 224 valence electrons. The summed E-state index contributed by atoms with van der Waals surface area (Å²) in [6.45, 7) is 7.78. The van der Waals surface area contributed by atoms with E-state index in [1.165, 1.54) is 54.7 Å². The predicted octanol–water partition coefficient (Wildman–Crippen LogP) is 3.99. The first-order valence-electron chi connectivity index (χ1n) is 13.1. The third-order valence-corrected chi connectivity index (χ3v) is 7.29. The fourth-order valence-corrected chi connectivity index (χ4v) is 4.97. The van der Waals surface area contributed by atoms with Gasteiger partial charge in [-0.2, -0.15) is 18.3 Å². The Morgan fingerprint density at radius 3 is 2.24 bits per heavy atom. The molecule has 41 heavy (non-hydrogen) atoms. The molecule has 9 nitrogen and oxygen atoms in total. The van der Waals surface area contributed by atoms with Gasteiger partial charge in [-0.15, -0.1) is 0 Å². The minimum Gasteiger partial charge on any atom is -0.344 e. The van der Waals surface area contributed by atoms with Crippen LogP contribution >= 0.6 is 11.6 Å². The number of aromatic nitrogens is 2. The van der Waals surface area contributed by atoms with Crippen LogP contribution in [0.25, 0.3) is 5.69 Å². The average Bonchev–Trinajstić information content (AvgIpc) is 3.51. The summed E-state index contributed by atoms with van der Waals surface area (Å²) >= 11 is 6.13. The molecule has 1 aromatic carbocycles. The Balaban J connectivity index is 1.80. The number of halogens is 5. The molecule has 0 aliphatic carbocycles. The van der Waals surface area contributed by atoms with Gasteiger partial charge < -0.3 is 15.5 Å². The van der Waals surface area contributed by atoms with Gasteiger partial charge in [0, 0.05) is 6.54 Å². The Labute approximate surface area is 239 Å². The summed E-state index contributed by atoms with van der Waals surface area (Å²) in [5.74, 6) is -6.16. The molecular formula is C27H32ClF4N5O4. The van der Waals surface area contributed by atoms with Crippen molar-refractivity contribution in [3.8, 4) is 5.69 Å². The van der Waals surface area contributed by atoms with Gasteiger partial charge in [-0.3, -0.25) is 19.2 Å². The van der Waals surface area contributed by atoms with Crippen molar-refractivity contribution in [2.45, 2.75) is 71.8 Å². The van der Waals surface area contributed by atoms with Crippen LogP contribution in [0.4, 0.5) is 17.6 Å². The summed E-state index contributed by atoms with van der Waals surface area (Å²) in [5.41, 5.74) is 0.276. The summed E-state index contributed by atoms with van der Waals surface area (Å²) in [7, 11) is 0. The van der Waals surface area contributed by atoms with Crippen LogP contribution in [0, 0.1) is 24.6 Å². The van der Waals surface area contributed by atoms with E-state index < -0.39 is 65.5 Å². The minimum absolute atomic E-state index is 0.0446. The lowest BCUT2D eigenvalue weighted by Crippen LogP contribution is -2.58. The zero-order valence-corrected chi connectivity index (χ0v) is 23.9. The number of benzene rings is 1. The van der Waals surface area contributed by atoms with Crippen molar-refractivity contribution < 1.29 is 36.7 Å². The van der Waals surface area contributed by atoms with E-state index in [9.17, 15) is 36.7 Å². The van der Waals surface area contributed by atoms with Crippen LogP contribution in [0.3, 0.4) is 0 Å². The van der Waals surface area contributed by atoms with Gasteiger partial charge >= 0.3 is 6.18 Å². The van der Waals surface area contributed by atoms with Gasteiger partial charge in [0.05, 0.1) is 28.5 Å². The molecule has 0 bridgehead atoms. The number of alkyl halides is 3. The number of para-hydroxylation sites is 1. The molecule has 0 radical (unpaired) electrons. The SMILES string of the molecule is Cc1c(C(=O)N[C@H](C(=O)N2CCC[C@H]2C(=O)N[C@H](C(=O)C(F)(F)F)C(C)C)C(C)C)cnn1-c1c(F)cccc1Cl. The Morgan fingerprint density at radius 2 is 1.68 bits per heavy atom. The van der Waals surface area contributed by atoms with E-state index >= 15 is 0 Å². The molecule has 0 unspecified atom stereocenters. The van der Waals surface area contributed by atoms with Gasteiger partial charge in [-0.25, -0.2) is 9.07 Å². The maximum Gasteiger partial charge on any atom is 0.452 e. The van der Waals surface area contributed by atoms with E-state index in [0.717, 1.165) is 0 Å². The molecule has 1 aliphatic heterocycles. The number of nitrogens with zero attached hydrogens (tertiary/aromatic N) is 3. The van der Waals surface area contributed by atoms with Gasteiger partial charge in [0.25, 0.3) is 11.7 Å². The lowest BCUT2D eigenvalue weighted by atomic mass is 9.98. The standard InChI is InChI=1S/C27H32ClF4N5O4/c1-13(2)20(23(38)27(30,31)32)34-25(40)19-10-7-11-36(19)26(41)21(14(3)4)35-24(39)16-12-33-37(15(16)5)22-17(28)8-6-9-18(22)29/h6,8-9,12-14,19-21H,7,10-11H2,1-5H3,(H,34,40)(H,35,39)/t19-,20-,21-/m0/s1. The Hall–Kier alpha value is -3.48. The summed E-state index contributed by atoms with van der Waals surface area (Å²) in [6.07, 6.45) is -3.34. The molecule has 3 atom stereocenters. The van der Waals surface area contributed by atoms with Crippen molar-refractivity contribution in [3.63, 3.8) is 0 Å². The lowest BCUT2D eigenvalue weighted by Gasteiger charge is -2.31. The zero-order chi connectivity index (χ0) is 30.8. The number of carbonyl (C=O) groups is 4. The number of ketones is 1. The maximum atomic E-state index is 14.4. The van der Waals surface area contributed by atoms with Crippen LogP contribution in [-0.2, 0) is 14.4 Å². The molecule has 2 heterocycles. The normalized spacial score (nSPS) is 17.1. The second-order valence-electron chi connectivity index (χ2n) is 10.6. The summed E-state index contributed by atoms with van der Waals surface area (Å²) in [5, 5.41) is 9.00. The third kappa shape index (κ3) is 6.88. The monoisotopic (exact) mass is 601 g/mol. The fourth-order valence-electron chi connectivity index (χ4n) is 4.72. The van der Waals surface area contributed by atoms with E-state index in [1.54, 1.807) is 13.8 Å². The van der Waals surface area contributed by atoms with E-state index in [2.05, 4.69) is 15.7 Å². The number of likely N-dealkylation sites (tertiary alicyclic amines) is 1. The molecule has 0 spiro atoms. The average molecular weight is 602 g/mol. The van der Waals surface area contributed by atoms with E-state index in [0.29, 0.717) is 6.42 Å². The highest BCUT2D eigenvalue weighted by molar-refractivity contribution is 6.32. The van der Waals surface area contributed by atoms with Gasteiger partial charge in [0.1, 0.15) is 23.6 Å². The molecule has 3 rings (SSSR count). The number of rotatable bonds is 9. The molecular weight excluding hydrogens is 570 g/mol. The first kappa shape index (κ1) is 32.0. The number of hydrogen-bond donors (Lipinski definition) is 2. The number of carbonyl (C=O) groups excluding carboxylic acids is 4. The Morgan fingerprint density at radius 1 is 1.05 bits per heavy atom. The Bertz CT molecular complexity index is 1310. The van der Waals surface area contributed by atoms with Crippen LogP contribution in [0.15, 0.2) is 24.4 Å². The molecule has 1 aromatic heterocycles. The largest absolute Gasteiger partial charge is 0.452 e. The van der Waals surface area contributed by atoms with Crippen LogP contribution in [0.1, 0.15) is 56.6 Å². The molecule has 0 saturated carbocycles. The van der Waals surface area contributed by atoms with Gasteiger partial charge in [-0.1, -0.05) is 45.4 Å². The number of hydrogen-bond acceptors (Lipinski definition) is 5. The number of amides is 3. The quantitative estimate of drug-likeness (QED) is 0.422. The van der Waals surface area contributed by atoms with Gasteiger partial charge in [-0.05, 0) is 43.7 Å². The van der Waals surface area contributed by atoms with Gasteiger partial charge in [0.2, 0.25) is 11.8 Å². The van der Waals surface area contributed by atoms with E-state index in [4.69, 9.17) is 11.6 Å². The number of nitrogens with one attached hydrogen (secondary N) is 2.